The zero-order valence-corrected chi connectivity index (χ0v) is 8.86. The van der Waals surface area contributed by atoms with Crippen LogP contribution in [-0.2, 0) is 4.79 Å². The normalized spacial score (nSPS) is 26.1. The highest BCUT2D eigenvalue weighted by molar-refractivity contribution is 5.76. The molecule has 2 heteroatoms. The van der Waals surface area contributed by atoms with Crippen LogP contribution in [0.3, 0.4) is 0 Å². The fourth-order valence-corrected chi connectivity index (χ4v) is 2.48. The Bertz CT molecular complexity index is 334. The first-order valence-corrected chi connectivity index (χ1v) is 5.61. The van der Waals surface area contributed by atoms with Gasteiger partial charge < -0.3 is 5.73 Å². The molecule has 1 amide bonds. The molecule has 1 aromatic carbocycles. The molecular weight excluding hydrogens is 186 g/mol. The number of nitrogens with two attached hydrogens (primary N) is 1. The minimum atomic E-state index is -0.129. The number of hydrogen-bond donors (Lipinski definition) is 1. The molecule has 2 atom stereocenters. The van der Waals surface area contributed by atoms with E-state index in [4.69, 9.17) is 5.73 Å². The van der Waals surface area contributed by atoms with Gasteiger partial charge in [-0.05, 0) is 30.7 Å². The van der Waals surface area contributed by atoms with Crippen molar-refractivity contribution >= 4 is 5.91 Å². The lowest BCUT2D eigenvalue weighted by Crippen LogP contribution is -2.27. The Morgan fingerprint density at radius 1 is 1.20 bits per heavy atom. The van der Waals surface area contributed by atoms with Gasteiger partial charge in [0.25, 0.3) is 0 Å². The van der Waals surface area contributed by atoms with Crippen LogP contribution in [-0.4, -0.2) is 5.91 Å². The van der Waals surface area contributed by atoms with Gasteiger partial charge in [0, 0.05) is 5.92 Å². The molecule has 2 rings (SSSR count). The molecule has 1 aliphatic carbocycles. The standard InChI is InChI=1S/C13H17NO/c14-13(15)12-8-4-7-11(9-12)10-5-2-1-3-6-10/h1-3,5-6,11-12H,4,7-9H2,(H2,14,15)/t11-,12+/m0/s1. The molecule has 15 heavy (non-hydrogen) atoms. The van der Waals surface area contributed by atoms with Crippen molar-refractivity contribution in [1.82, 2.24) is 0 Å². The van der Waals surface area contributed by atoms with E-state index in [-0.39, 0.29) is 11.8 Å². The molecule has 0 saturated heterocycles. The summed E-state index contributed by atoms with van der Waals surface area (Å²) < 4.78 is 0. The fourth-order valence-electron chi connectivity index (χ4n) is 2.48. The van der Waals surface area contributed by atoms with E-state index >= 15 is 0 Å². The lowest BCUT2D eigenvalue weighted by molar-refractivity contribution is -0.122. The van der Waals surface area contributed by atoms with E-state index in [0.717, 1.165) is 19.3 Å². The first kappa shape index (κ1) is 10.2. The third kappa shape index (κ3) is 2.38. The smallest absolute Gasteiger partial charge is 0.220 e. The average molecular weight is 203 g/mol. The molecule has 0 unspecified atom stereocenters. The third-order valence-corrected chi connectivity index (χ3v) is 3.35. The van der Waals surface area contributed by atoms with E-state index in [2.05, 4.69) is 24.3 Å². The van der Waals surface area contributed by atoms with Crippen molar-refractivity contribution in [2.45, 2.75) is 31.6 Å². The van der Waals surface area contributed by atoms with Crippen molar-refractivity contribution in [2.24, 2.45) is 11.7 Å². The van der Waals surface area contributed by atoms with Crippen molar-refractivity contribution < 1.29 is 4.79 Å². The van der Waals surface area contributed by atoms with Crippen LogP contribution in [0.4, 0.5) is 0 Å². The van der Waals surface area contributed by atoms with Crippen molar-refractivity contribution in [3.63, 3.8) is 0 Å². The minimum Gasteiger partial charge on any atom is -0.369 e. The molecule has 1 fully saturated rings. The second-order valence-corrected chi connectivity index (χ2v) is 4.37. The second kappa shape index (κ2) is 4.47. The highest BCUT2D eigenvalue weighted by Crippen LogP contribution is 2.35. The number of carbonyl (C=O) groups excluding carboxylic acids is 1. The fraction of sp³-hybridized carbons (Fsp3) is 0.462. The maximum absolute atomic E-state index is 11.2. The number of rotatable bonds is 2. The van der Waals surface area contributed by atoms with E-state index in [1.807, 2.05) is 6.07 Å². The maximum atomic E-state index is 11.2. The number of primary amides is 1. The van der Waals surface area contributed by atoms with Crippen LogP contribution in [0.15, 0.2) is 30.3 Å². The Morgan fingerprint density at radius 3 is 2.60 bits per heavy atom. The van der Waals surface area contributed by atoms with Gasteiger partial charge in [-0.15, -0.1) is 0 Å². The topological polar surface area (TPSA) is 43.1 Å². The van der Waals surface area contributed by atoms with Gasteiger partial charge in [-0.1, -0.05) is 36.8 Å². The minimum absolute atomic E-state index is 0.0870. The van der Waals surface area contributed by atoms with Gasteiger partial charge in [0.05, 0.1) is 0 Å². The summed E-state index contributed by atoms with van der Waals surface area (Å²) in [6.45, 7) is 0. The molecule has 0 heterocycles. The molecule has 2 nitrogen and oxygen atoms in total. The SMILES string of the molecule is NC(=O)[C@@H]1CCC[C@H](c2ccccc2)C1. The van der Waals surface area contributed by atoms with Crippen molar-refractivity contribution in [3.8, 4) is 0 Å². The molecule has 0 aromatic heterocycles. The highest BCUT2D eigenvalue weighted by Gasteiger charge is 2.26. The summed E-state index contributed by atoms with van der Waals surface area (Å²) in [5, 5.41) is 0. The van der Waals surface area contributed by atoms with E-state index < -0.39 is 0 Å². The third-order valence-electron chi connectivity index (χ3n) is 3.35. The second-order valence-electron chi connectivity index (χ2n) is 4.37. The molecule has 0 aliphatic heterocycles. The van der Waals surface area contributed by atoms with Gasteiger partial charge in [0.1, 0.15) is 0 Å². The summed E-state index contributed by atoms with van der Waals surface area (Å²) in [5.74, 6) is 0.483. The van der Waals surface area contributed by atoms with Gasteiger partial charge >= 0.3 is 0 Å². The van der Waals surface area contributed by atoms with Crippen LogP contribution >= 0.6 is 0 Å². The van der Waals surface area contributed by atoms with Gasteiger partial charge in [0.15, 0.2) is 0 Å². The van der Waals surface area contributed by atoms with Gasteiger partial charge in [-0.2, -0.15) is 0 Å². The number of amides is 1. The Hall–Kier alpha value is -1.31. The van der Waals surface area contributed by atoms with E-state index in [1.165, 1.54) is 12.0 Å². The molecule has 2 N–H and O–H groups in total. The Morgan fingerprint density at radius 2 is 1.93 bits per heavy atom. The number of hydrogen-bond acceptors (Lipinski definition) is 1. The van der Waals surface area contributed by atoms with E-state index in [1.54, 1.807) is 0 Å². The molecule has 80 valence electrons. The first-order chi connectivity index (χ1) is 7.27. The van der Waals surface area contributed by atoms with Crippen LogP contribution in [0.25, 0.3) is 0 Å². The van der Waals surface area contributed by atoms with Gasteiger partial charge in [-0.25, -0.2) is 0 Å². The van der Waals surface area contributed by atoms with Crippen LogP contribution in [0, 0.1) is 5.92 Å². The van der Waals surface area contributed by atoms with Gasteiger partial charge in [0.2, 0.25) is 5.91 Å². The first-order valence-electron chi connectivity index (χ1n) is 5.61. The molecule has 0 bridgehead atoms. The molecule has 1 aromatic rings. The van der Waals surface area contributed by atoms with Crippen LogP contribution in [0.2, 0.25) is 0 Å². The van der Waals surface area contributed by atoms with Gasteiger partial charge in [-0.3, -0.25) is 4.79 Å². The maximum Gasteiger partial charge on any atom is 0.220 e. The Kier molecular flexibility index (Phi) is 3.05. The Balaban J connectivity index is 2.08. The van der Waals surface area contributed by atoms with Crippen molar-refractivity contribution in [2.75, 3.05) is 0 Å². The largest absolute Gasteiger partial charge is 0.369 e. The van der Waals surface area contributed by atoms with Crippen LogP contribution < -0.4 is 5.73 Å². The molecular formula is C13H17NO. The monoisotopic (exact) mass is 203 g/mol. The summed E-state index contributed by atoms with van der Waals surface area (Å²) in [4.78, 5) is 11.2. The molecule has 0 radical (unpaired) electrons. The molecule has 1 aliphatic rings. The predicted molar refractivity (Wildman–Crippen MR) is 60.3 cm³/mol. The highest BCUT2D eigenvalue weighted by atomic mass is 16.1. The van der Waals surface area contributed by atoms with E-state index in [0.29, 0.717) is 5.92 Å². The average Bonchev–Trinajstić information content (AvgIpc) is 2.30. The molecule has 0 spiro atoms. The summed E-state index contributed by atoms with van der Waals surface area (Å²) in [6.07, 6.45) is 4.21. The van der Waals surface area contributed by atoms with Crippen molar-refractivity contribution in [1.29, 1.82) is 0 Å². The van der Waals surface area contributed by atoms with E-state index in [9.17, 15) is 4.79 Å². The van der Waals surface area contributed by atoms with Crippen LogP contribution in [0.5, 0.6) is 0 Å². The van der Waals surface area contributed by atoms with Crippen LogP contribution in [0.1, 0.15) is 37.2 Å². The number of benzene rings is 1. The summed E-state index contributed by atoms with van der Waals surface area (Å²) in [7, 11) is 0. The number of carbonyl (C=O) groups is 1. The Labute approximate surface area is 90.5 Å². The lowest BCUT2D eigenvalue weighted by atomic mass is 9.78. The summed E-state index contributed by atoms with van der Waals surface area (Å²) in [5.41, 5.74) is 6.72. The molecule has 1 saturated carbocycles. The zero-order chi connectivity index (χ0) is 10.7. The predicted octanol–water partition coefficient (Wildman–Crippen LogP) is 2.45. The summed E-state index contributed by atoms with van der Waals surface area (Å²) >= 11 is 0. The zero-order valence-electron chi connectivity index (χ0n) is 8.86. The summed E-state index contributed by atoms with van der Waals surface area (Å²) in [6, 6.07) is 10.4. The van der Waals surface area contributed by atoms with Crippen molar-refractivity contribution in [3.05, 3.63) is 35.9 Å². The quantitative estimate of drug-likeness (QED) is 0.788. The lowest BCUT2D eigenvalue weighted by Gasteiger charge is -2.27.